The van der Waals surface area contributed by atoms with Crippen molar-refractivity contribution < 1.29 is 4.74 Å². The molecule has 0 N–H and O–H groups in total. The van der Waals surface area contributed by atoms with Crippen LogP contribution in [0.2, 0.25) is 10.0 Å². The van der Waals surface area contributed by atoms with Gasteiger partial charge in [-0.05, 0) is 69.4 Å². The molecule has 1 aliphatic rings. The second-order valence-electron chi connectivity index (χ2n) is 8.18. The molecular weight excluding hydrogens is 485 g/mol. The first-order valence-corrected chi connectivity index (χ1v) is 13.2. The fraction of sp³-hybridized carbons (Fsp3) is 0.333. The molecule has 0 saturated heterocycles. The molecule has 1 aliphatic carbocycles. The van der Waals surface area contributed by atoms with Crippen molar-refractivity contribution in [1.29, 1.82) is 5.26 Å². The molecular formula is C27H27Cl2N3OS. The number of fused-ring (bicyclic) bond motifs is 1. The third kappa shape index (κ3) is 5.41. The molecule has 4 nitrogen and oxygen atoms in total. The average Bonchev–Trinajstić information content (AvgIpc) is 3.21. The van der Waals surface area contributed by atoms with Crippen LogP contribution in [-0.4, -0.2) is 19.3 Å². The Morgan fingerprint density at radius 1 is 1.12 bits per heavy atom. The van der Waals surface area contributed by atoms with Crippen molar-refractivity contribution in [3.8, 4) is 11.8 Å². The van der Waals surface area contributed by atoms with Crippen LogP contribution < -0.4 is 9.64 Å². The molecule has 0 unspecified atom stereocenters. The van der Waals surface area contributed by atoms with E-state index in [1.807, 2.05) is 30.5 Å². The van der Waals surface area contributed by atoms with E-state index in [0.717, 1.165) is 65.5 Å². The molecule has 0 spiro atoms. The fourth-order valence-electron chi connectivity index (χ4n) is 4.22. The Morgan fingerprint density at radius 3 is 2.65 bits per heavy atom. The van der Waals surface area contributed by atoms with Gasteiger partial charge in [0.15, 0.2) is 0 Å². The van der Waals surface area contributed by atoms with Crippen molar-refractivity contribution in [2.75, 3.05) is 18.0 Å². The highest BCUT2D eigenvalue weighted by Crippen LogP contribution is 2.39. The van der Waals surface area contributed by atoms with Crippen LogP contribution in [0.5, 0.6) is 5.75 Å². The Labute approximate surface area is 215 Å². The number of ether oxygens (including phenoxy) is 1. The van der Waals surface area contributed by atoms with Crippen molar-refractivity contribution in [1.82, 2.24) is 0 Å². The van der Waals surface area contributed by atoms with Crippen molar-refractivity contribution in [2.24, 2.45) is 4.99 Å². The number of benzene rings is 2. The molecule has 3 aromatic rings. The van der Waals surface area contributed by atoms with Gasteiger partial charge in [-0.15, -0.1) is 11.3 Å². The van der Waals surface area contributed by atoms with E-state index in [9.17, 15) is 5.26 Å². The fourth-order valence-corrected chi connectivity index (χ4v) is 5.87. The molecule has 34 heavy (non-hydrogen) atoms. The third-order valence-corrected chi connectivity index (χ3v) is 7.90. The quantitative estimate of drug-likeness (QED) is 0.288. The maximum Gasteiger partial charge on any atom is 0.134 e. The molecule has 4 rings (SSSR count). The van der Waals surface area contributed by atoms with Gasteiger partial charge in [0.2, 0.25) is 0 Å². The smallest absolute Gasteiger partial charge is 0.134 e. The molecule has 0 amide bonds. The molecule has 0 bridgehead atoms. The van der Waals surface area contributed by atoms with Gasteiger partial charge in [-0.25, -0.2) is 4.99 Å². The zero-order chi connectivity index (χ0) is 24.1. The van der Waals surface area contributed by atoms with Gasteiger partial charge < -0.3 is 9.64 Å². The Balaban J connectivity index is 1.66. The molecule has 176 valence electrons. The summed E-state index contributed by atoms with van der Waals surface area (Å²) in [5.41, 5.74) is 4.72. The lowest BCUT2D eigenvalue weighted by molar-refractivity contribution is 0.306. The molecule has 1 heterocycles. The standard InChI is InChI=1S/C27H27Cl2N3OS/c1-3-32(4-2)21-12-10-18(25(14-21)33-17-19-9-11-20(28)13-24(19)29)16-31-27-23(15-30)22-7-5-6-8-26(22)34-27/h9-14,16H,3-8,17H2,1-2H3/b31-16+. The SMILES string of the molecule is CCN(CC)c1ccc(/C=N/c2sc3c(c2C#N)CCCC3)c(OCc2ccc(Cl)cc2Cl)c1. The summed E-state index contributed by atoms with van der Waals surface area (Å²) in [4.78, 5) is 8.32. The molecule has 0 atom stereocenters. The molecule has 0 aliphatic heterocycles. The van der Waals surface area contributed by atoms with Gasteiger partial charge in [-0.1, -0.05) is 29.3 Å². The molecule has 1 aromatic heterocycles. The first kappa shape index (κ1) is 24.6. The van der Waals surface area contributed by atoms with E-state index in [0.29, 0.717) is 16.7 Å². The molecule has 0 radical (unpaired) electrons. The summed E-state index contributed by atoms with van der Waals surface area (Å²) >= 11 is 14.0. The predicted octanol–water partition coefficient (Wildman–Crippen LogP) is 7.98. The minimum atomic E-state index is 0.315. The van der Waals surface area contributed by atoms with Crippen LogP contribution in [0.15, 0.2) is 41.4 Å². The Hall–Kier alpha value is -2.52. The van der Waals surface area contributed by atoms with Crippen molar-refractivity contribution in [3.63, 3.8) is 0 Å². The van der Waals surface area contributed by atoms with E-state index < -0.39 is 0 Å². The Bertz CT molecular complexity index is 1240. The van der Waals surface area contributed by atoms with Crippen LogP contribution in [0.4, 0.5) is 10.7 Å². The summed E-state index contributed by atoms with van der Waals surface area (Å²) in [7, 11) is 0. The van der Waals surface area contributed by atoms with E-state index in [1.54, 1.807) is 17.4 Å². The Morgan fingerprint density at radius 2 is 1.91 bits per heavy atom. The van der Waals surface area contributed by atoms with Crippen molar-refractivity contribution >= 4 is 51.4 Å². The zero-order valence-corrected chi connectivity index (χ0v) is 21.7. The van der Waals surface area contributed by atoms with Crippen LogP contribution in [0.3, 0.4) is 0 Å². The number of nitrogens with zero attached hydrogens (tertiary/aromatic N) is 3. The average molecular weight is 513 g/mol. The number of thiophene rings is 1. The zero-order valence-electron chi connectivity index (χ0n) is 19.4. The lowest BCUT2D eigenvalue weighted by atomic mass is 9.96. The van der Waals surface area contributed by atoms with Gasteiger partial charge in [0, 0.05) is 57.1 Å². The molecule has 7 heteroatoms. The van der Waals surface area contributed by atoms with Crippen LogP contribution in [0.25, 0.3) is 0 Å². The highest BCUT2D eigenvalue weighted by Gasteiger charge is 2.20. The highest BCUT2D eigenvalue weighted by atomic mass is 35.5. The first-order chi connectivity index (χ1) is 16.5. The maximum atomic E-state index is 9.75. The van der Waals surface area contributed by atoms with Gasteiger partial charge in [0.05, 0.1) is 5.56 Å². The third-order valence-electron chi connectivity index (χ3n) is 6.11. The topological polar surface area (TPSA) is 48.6 Å². The minimum Gasteiger partial charge on any atom is -0.488 e. The number of rotatable bonds is 8. The monoisotopic (exact) mass is 511 g/mol. The molecule has 2 aromatic carbocycles. The van der Waals surface area contributed by atoms with Crippen molar-refractivity contribution in [3.05, 3.63) is 73.6 Å². The molecule has 0 saturated carbocycles. The van der Waals surface area contributed by atoms with Gasteiger partial charge in [-0.3, -0.25) is 0 Å². The van der Waals surface area contributed by atoms with E-state index in [1.165, 1.54) is 16.9 Å². The number of anilines is 1. The normalized spacial score (nSPS) is 13.0. The van der Waals surface area contributed by atoms with E-state index in [-0.39, 0.29) is 0 Å². The lowest BCUT2D eigenvalue weighted by Gasteiger charge is -2.22. The van der Waals surface area contributed by atoms with E-state index in [4.69, 9.17) is 32.9 Å². The number of aryl methyl sites for hydroxylation is 1. The minimum absolute atomic E-state index is 0.315. The van der Waals surface area contributed by atoms with Gasteiger partial charge in [0.1, 0.15) is 23.4 Å². The molecule has 0 fully saturated rings. The second-order valence-corrected chi connectivity index (χ2v) is 10.1. The Kier molecular flexibility index (Phi) is 8.15. The highest BCUT2D eigenvalue weighted by molar-refractivity contribution is 7.16. The van der Waals surface area contributed by atoms with Crippen LogP contribution >= 0.6 is 34.5 Å². The van der Waals surface area contributed by atoms with Gasteiger partial charge in [0.25, 0.3) is 0 Å². The summed E-state index contributed by atoms with van der Waals surface area (Å²) in [5, 5.41) is 11.7. The summed E-state index contributed by atoms with van der Waals surface area (Å²) in [6.07, 6.45) is 6.14. The second kappa shape index (κ2) is 11.3. The van der Waals surface area contributed by atoms with Crippen LogP contribution in [0, 0.1) is 11.3 Å². The maximum absolute atomic E-state index is 9.75. The number of nitriles is 1. The summed E-state index contributed by atoms with van der Waals surface area (Å²) in [6, 6.07) is 13.9. The number of halogens is 2. The van der Waals surface area contributed by atoms with E-state index in [2.05, 4.69) is 30.9 Å². The summed E-state index contributed by atoms with van der Waals surface area (Å²) in [5.74, 6) is 0.721. The number of hydrogen-bond donors (Lipinski definition) is 0. The van der Waals surface area contributed by atoms with Gasteiger partial charge in [-0.2, -0.15) is 5.26 Å². The number of hydrogen-bond acceptors (Lipinski definition) is 5. The lowest BCUT2D eigenvalue weighted by Crippen LogP contribution is -2.21. The summed E-state index contributed by atoms with van der Waals surface area (Å²) < 4.78 is 6.24. The largest absolute Gasteiger partial charge is 0.488 e. The van der Waals surface area contributed by atoms with Crippen molar-refractivity contribution in [2.45, 2.75) is 46.1 Å². The predicted molar refractivity (Wildman–Crippen MR) is 144 cm³/mol. The van der Waals surface area contributed by atoms with Gasteiger partial charge >= 0.3 is 0 Å². The van der Waals surface area contributed by atoms with Crippen LogP contribution in [-0.2, 0) is 19.4 Å². The summed E-state index contributed by atoms with van der Waals surface area (Å²) in [6.45, 7) is 6.39. The first-order valence-electron chi connectivity index (χ1n) is 11.6. The van der Waals surface area contributed by atoms with Crippen LogP contribution in [0.1, 0.15) is 53.8 Å². The van der Waals surface area contributed by atoms with E-state index >= 15 is 0 Å². The number of aliphatic imine (C=N–C) groups is 1.